The van der Waals surface area contributed by atoms with E-state index in [0.717, 1.165) is 28.7 Å². The van der Waals surface area contributed by atoms with Gasteiger partial charge in [0, 0.05) is 39.5 Å². The molecule has 0 spiro atoms. The predicted molar refractivity (Wildman–Crippen MR) is 174 cm³/mol. The Labute approximate surface area is 247 Å². The number of para-hydroxylation sites is 4. The fourth-order valence-electron chi connectivity index (χ4n) is 5.90. The van der Waals surface area contributed by atoms with Crippen LogP contribution in [-0.4, -0.2) is 15.9 Å². The quantitative estimate of drug-likeness (QED) is 0.181. The van der Waals surface area contributed by atoms with Gasteiger partial charge in [0.15, 0.2) is 5.78 Å². The summed E-state index contributed by atoms with van der Waals surface area (Å²) in [4.78, 5) is 39.8. The highest BCUT2D eigenvalue weighted by Crippen LogP contribution is 2.39. The summed E-state index contributed by atoms with van der Waals surface area (Å²) >= 11 is 0. The molecule has 2 heterocycles. The highest BCUT2D eigenvalue weighted by Gasteiger charge is 2.30. The van der Waals surface area contributed by atoms with Crippen molar-refractivity contribution in [2.24, 2.45) is 0 Å². The van der Waals surface area contributed by atoms with Crippen molar-refractivity contribution in [2.45, 2.75) is 65.5 Å². The molecule has 5 aromatic rings. The van der Waals surface area contributed by atoms with Crippen LogP contribution in [0.4, 0.5) is 11.4 Å². The van der Waals surface area contributed by atoms with Crippen molar-refractivity contribution in [1.29, 1.82) is 0 Å². The first kappa shape index (κ1) is 29.0. The predicted octanol–water partition coefficient (Wildman–Crippen LogP) is 8.02. The molecule has 5 nitrogen and oxygen atoms in total. The van der Waals surface area contributed by atoms with Crippen molar-refractivity contribution in [3.63, 3.8) is 0 Å². The van der Waals surface area contributed by atoms with Crippen molar-refractivity contribution < 1.29 is 4.79 Å². The third-order valence-corrected chi connectivity index (χ3v) is 7.63. The van der Waals surface area contributed by atoms with Gasteiger partial charge >= 0.3 is 0 Å². The monoisotopic (exact) mass is 558 g/mol. The Hall–Kier alpha value is -4.51. The Morgan fingerprint density at radius 1 is 0.524 bits per heavy atom. The van der Waals surface area contributed by atoms with Gasteiger partial charge in [-0.25, -0.2) is 0 Å². The van der Waals surface area contributed by atoms with Gasteiger partial charge in [-0.2, -0.15) is 0 Å². The Morgan fingerprint density at radius 2 is 1.00 bits per heavy atom. The van der Waals surface area contributed by atoms with E-state index in [0.29, 0.717) is 17.2 Å². The number of benzene rings is 4. The number of rotatable bonds is 0. The Balaban J connectivity index is 0.000000168. The third-order valence-electron chi connectivity index (χ3n) is 7.63. The summed E-state index contributed by atoms with van der Waals surface area (Å²) in [6.07, 6.45) is 1.38. The van der Waals surface area contributed by atoms with E-state index in [4.69, 9.17) is 0 Å². The maximum Gasteiger partial charge on any atom is 0.235 e. The molecule has 0 bridgehead atoms. The highest BCUT2D eigenvalue weighted by atomic mass is 16.2. The number of carbonyl (C=O) groups excluding carboxylic acids is 1. The largest absolute Gasteiger partial charge is 0.335 e. The van der Waals surface area contributed by atoms with Crippen LogP contribution < -0.4 is 15.8 Å². The number of hydrogen-bond acceptors (Lipinski definition) is 4. The second kappa shape index (κ2) is 11.1. The number of aryl methyl sites for hydroxylation is 1. The van der Waals surface area contributed by atoms with Crippen LogP contribution in [0.15, 0.2) is 107 Å². The van der Waals surface area contributed by atoms with Gasteiger partial charge < -0.3 is 9.47 Å². The molecule has 4 aromatic carbocycles. The summed E-state index contributed by atoms with van der Waals surface area (Å²) in [6.45, 7) is 12.8. The van der Waals surface area contributed by atoms with Crippen molar-refractivity contribution in [2.75, 3.05) is 4.90 Å². The van der Waals surface area contributed by atoms with E-state index in [1.54, 1.807) is 24.3 Å². The van der Waals surface area contributed by atoms with Crippen molar-refractivity contribution in [1.82, 2.24) is 4.57 Å². The van der Waals surface area contributed by atoms with Crippen LogP contribution in [0.3, 0.4) is 0 Å². The molecule has 0 radical (unpaired) electrons. The number of Topliss-reactive ketones (excluding diaryl/α,β-unsaturated/α-hetero) is 1. The molecule has 1 aromatic heterocycles. The number of anilines is 2. The van der Waals surface area contributed by atoms with Gasteiger partial charge in [0.2, 0.25) is 10.9 Å². The number of aromatic nitrogens is 1. The summed E-state index contributed by atoms with van der Waals surface area (Å²) in [5, 5.41) is 0.933. The summed E-state index contributed by atoms with van der Waals surface area (Å²) in [5.41, 5.74) is 4.65. The number of fused-ring (bicyclic) bond motifs is 4. The minimum atomic E-state index is -0.440. The van der Waals surface area contributed by atoms with E-state index in [1.807, 2.05) is 42.5 Å². The normalized spacial score (nSPS) is 13.5. The average Bonchev–Trinajstić information content (AvgIpc) is 3.04. The molecule has 42 heavy (non-hydrogen) atoms. The van der Waals surface area contributed by atoms with Gasteiger partial charge in [0.25, 0.3) is 0 Å². The van der Waals surface area contributed by atoms with Crippen LogP contribution in [0.1, 0.15) is 63.9 Å². The zero-order valence-electron chi connectivity index (χ0n) is 25.3. The summed E-state index contributed by atoms with van der Waals surface area (Å²) in [6, 6.07) is 31.0. The van der Waals surface area contributed by atoms with Gasteiger partial charge in [-0.15, -0.1) is 0 Å². The maximum atomic E-state index is 12.5. The SMILES string of the molecule is CC(C)(C)N1c2ccccc2CCC(=O)c2ccccc21.CC(C)(C)n1c2ccccc2c(=O)c(=O)c2ccccc21. The first-order valence-corrected chi connectivity index (χ1v) is 14.5. The van der Waals surface area contributed by atoms with Crippen molar-refractivity contribution in [3.05, 3.63) is 129 Å². The van der Waals surface area contributed by atoms with E-state index in [1.165, 1.54) is 11.3 Å². The van der Waals surface area contributed by atoms with Crippen LogP contribution in [0.25, 0.3) is 21.8 Å². The second-order valence-electron chi connectivity index (χ2n) is 12.8. The lowest BCUT2D eigenvalue weighted by molar-refractivity contribution is 0.0983. The lowest BCUT2D eigenvalue weighted by Gasteiger charge is -2.40. The van der Waals surface area contributed by atoms with E-state index < -0.39 is 10.9 Å². The van der Waals surface area contributed by atoms with Crippen LogP contribution in [-0.2, 0) is 12.0 Å². The van der Waals surface area contributed by atoms with Gasteiger partial charge in [0.05, 0.1) is 16.7 Å². The lowest BCUT2D eigenvalue weighted by Crippen LogP contribution is -2.39. The first-order chi connectivity index (χ1) is 19.9. The van der Waals surface area contributed by atoms with Crippen LogP contribution in [0.5, 0.6) is 0 Å². The fourth-order valence-corrected chi connectivity index (χ4v) is 5.90. The first-order valence-electron chi connectivity index (χ1n) is 14.5. The van der Waals surface area contributed by atoms with Gasteiger partial charge in [-0.3, -0.25) is 14.4 Å². The van der Waals surface area contributed by atoms with E-state index in [2.05, 4.69) is 81.3 Å². The molecule has 1 aliphatic heterocycles. The molecule has 0 N–H and O–H groups in total. The molecule has 1 aliphatic rings. The minimum absolute atomic E-state index is 0.0934. The zero-order chi connectivity index (χ0) is 30.2. The number of nitrogens with zero attached hydrogens (tertiary/aromatic N) is 2. The Kier molecular flexibility index (Phi) is 7.63. The summed E-state index contributed by atoms with van der Waals surface area (Å²) in [5.74, 6) is 0.231. The van der Waals surface area contributed by atoms with Crippen molar-refractivity contribution in [3.8, 4) is 0 Å². The van der Waals surface area contributed by atoms with Gasteiger partial charge in [-0.05, 0) is 96.0 Å². The molecular formula is C37H38N2O3. The molecule has 0 aliphatic carbocycles. The molecule has 0 amide bonds. The minimum Gasteiger partial charge on any atom is -0.335 e. The third kappa shape index (κ3) is 5.39. The fraction of sp³-hybridized carbons (Fsp3) is 0.270. The smallest absolute Gasteiger partial charge is 0.235 e. The van der Waals surface area contributed by atoms with Gasteiger partial charge in [0.1, 0.15) is 0 Å². The zero-order valence-corrected chi connectivity index (χ0v) is 25.3. The molecule has 0 saturated heterocycles. The van der Waals surface area contributed by atoms with E-state index in [9.17, 15) is 14.4 Å². The molecule has 0 fully saturated rings. The Bertz CT molecular complexity index is 1850. The standard InChI is InChI=1S/C19H21NO.C18H17NO2/c1-19(2,3)20-16-10-6-4-8-14(16)12-13-18(21)15-9-5-7-11-17(15)20;1-18(2,3)19-14-10-6-4-8-12(14)16(20)17(21)13-9-5-7-11-15(13)19/h4-11H,12-13H2,1-3H3;4-11H,1-3H3. The summed E-state index contributed by atoms with van der Waals surface area (Å²) < 4.78 is 2.07. The number of carbonyl (C=O) groups is 1. The summed E-state index contributed by atoms with van der Waals surface area (Å²) in [7, 11) is 0. The van der Waals surface area contributed by atoms with Gasteiger partial charge in [-0.1, -0.05) is 54.6 Å². The van der Waals surface area contributed by atoms with Crippen LogP contribution in [0.2, 0.25) is 0 Å². The van der Waals surface area contributed by atoms with Crippen molar-refractivity contribution >= 4 is 39.0 Å². The average molecular weight is 559 g/mol. The maximum absolute atomic E-state index is 12.5. The highest BCUT2D eigenvalue weighted by molar-refractivity contribution is 6.03. The topological polar surface area (TPSA) is 59.4 Å². The van der Waals surface area contributed by atoms with Crippen LogP contribution >= 0.6 is 0 Å². The molecule has 214 valence electrons. The second-order valence-corrected chi connectivity index (χ2v) is 12.8. The van der Waals surface area contributed by atoms with Crippen LogP contribution in [0, 0.1) is 0 Å². The molecule has 0 unspecified atom stereocenters. The molecular weight excluding hydrogens is 520 g/mol. The molecule has 0 atom stereocenters. The molecule has 0 saturated carbocycles. The van der Waals surface area contributed by atoms with E-state index >= 15 is 0 Å². The van der Waals surface area contributed by atoms with E-state index in [-0.39, 0.29) is 16.9 Å². The molecule has 6 rings (SSSR count). The number of ketones is 1. The lowest BCUT2D eigenvalue weighted by atomic mass is 9.92. The molecule has 5 heteroatoms. The number of hydrogen-bond donors (Lipinski definition) is 0. The Morgan fingerprint density at radius 3 is 1.55 bits per heavy atom.